The predicted octanol–water partition coefficient (Wildman–Crippen LogP) is 4.36. The first-order valence-electron chi connectivity index (χ1n) is 6.14. The number of rotatable bonds is 5. The summed E-state index contributed by atoms with van der Waals surface area (Å²) < 4.78 is 1.21. The zero-order valence-electron chi connectivity index (χ0n) is 10.7. The van der Waals surface area contributed by atoms with E-state index >= 15 is 0 Å². The Morgan fingerprint density at radius 3 is 2.72 bits per heavy atom. The number of halogens is 1. The van der Waals surface area contributed by atoms with Crippen LogP contribution in [0, 0.1) is 6.92 Å². The molecule has 18 heavy (non-hydrogen) atoms. The van der Waals surface area contributed by atoms with Gasteiger partial charge in [-0.25, -0.2) is 0 Å². The van der Waals surface area contributed by atoms with E-state index in [-0.39, 0.29) is 0 Å². The molecule has 0 radical (unpaired) electrons. The zero-order valence-corrected chi connectivity index (χ0v) is 13.1. The first-order valence-corrected chi connectivity index (χ1v) is 7.75. The third-order valence-electron chi connectivity index (χ3n) is 3.04. The molecule has 2 rings (SSSR count). The summed E-state index contributed by atoms with van der Waals surface area (Å²) in [6, 6.07) is 13.2. The second-order valence-electron chi connectivity index (χ2n) is 4.58. The Kier molecular flexibility index (Phi) is 4.98. The monoisotopic (exact) mass is 323 g/mol. The van der Waals surface area contributed by atoms with E-state index in [1.807, 2.05) is 18.4 Å². The lowest BCUT2D eigenvalue weighted by Gasteiger charge is -2.16. The standard InChI is InChI=1S/C15H18BrNS/c1-11-4-3-5-12(8-11)13(10-17-2)9-14-6-7-15(16)18-14/h3-8,13,17H,9-10H2,1-2H3. The minimum absolute atomic E-state index is 0.542. The van der Waals surface area contributed by atoms with Gasteiger partial charge < -0.3 is 5.32 Å². The van der Waals surface area contributed by atoms with Crippen molar-refractivity contribution in [3.05, 3.63) is 56.2 Å². The van der Waals surface area contributed by atoms with Crippen molar-refractivity contribution < 1.29 is 0 Å². The first-order chi connectivity index (χ1) is 8.69. The summed E-state index contributed by atoms with van der Waals surface area (Å²) in [7, 11) is 2.02. The maximum atomic E-state index is 3.53. The third-order valence-corrected chi connectivity index (χ3v) is 4.69. The second-order valence-corrected chi connectivity index (χ2v) is 7.13. The van der Waals surface area contributed by atoms with Gasteiger partial charge in [-0.2, -0.15) is 0 Å². The molecule has 1 aromatic carbocycles. The molecule has 1 nitrogen and oxygen atoms in total. The normalized spacial score (nSPS) is 12.6. The zero-order chi connectivity index (χ0) is 13.0. The molecule has 0 saturated heterocycles. The lowest BCUT2D eigenvalue weighted by molar-refractivity contribution is 0.629. The number of hydrogen-bond acceptors (Lipinski definition) is 2. The Bertz CT molecular complexity index is 507. The van der Waals surface area contributed by atoms with Crippen molar-refractivity contribution in [2.45, 2.75) is 19.3 Å². The minimum atomic E-state index is 0.542. The molecular weight excluding hydrogens is 306 g/mol. The minimum Gasteiger partial charge on any atom is -0.319 e. The van der Waals surface area contributed by atoms with Crippen molar-refractivity contribution in [1.29, 1.82) is 0 Å². The number of nitrogens with one attached hydrogen (secondary N) is 1. The molecule has 1 unspecified atom stereocenters. The van der Waals surface area contributed by atoms with Gasteiger partial charge in [0, 0.05) is 17.3 Å². The van der Waals surface area contributed by atoms with E-state index in [4.69, 9.17) is 0 Å². The van der Waals surface area contributed by atoms with E-state index in [0.717, 1.165) is 13.0 Å². The summed E-state index contributed by atoms with van der Waals surface area (Å²) >= 11 is 5.36. The van der Waals surface area contributed by atoms with Gasteiger partial charge in [0.15, 0.2) is 0 Å². The van der Waals surface area contributed by atoms with Gasteiger partial charge in [-0.1, -0.05) is 29.8 Å². The lowest BCUT2D eigenvalue weighted by atomic mass is 9.94. The molecule has 0 aliphatic carbocycles. The largest absolute Gasteiger partial charge is 0.319 e. The number of thiophene rings is 1. The van der Waals surface area contributed by atoms with Gasteiger partial charge in [0.25, 0.3) is 0 Å². The van der Waals surface area contributed by atoms with E-state index < -0.39 is 0 Å². The highest BCUT2D eigenvalue weighted by Crippen LogP contribution is 2.28. The molecule has 0 spiro atoms. The lowest BCUT2D eigenvalue weighted by Crippen LogP contribution is -2.18. The van der Waals surface area contributed by atoms with Gasteiger partial charge in [0.1, 0.15) is 0 Å². The second kappa shape index (κ2) is 6.50. The number of likely N-dealkylation sites (N-methyl/N-ethyl adjacent to an activating group) is 1. The summed E-state index contributed by atoms with van der Waals surface area (Å²) in [5, 5.41) is 3.31. The molecule has 0 aliphatic heterocycles. The number of benzene rings is 1. The molecule has 3 heteroatoms. The molecule has 1 atom stereocenters. The predicted molar refractivity (Wildman–Crippen MR) is 83.6 cm³/mol. The van der Waals surface area contributed by atoms with Crippen LogP contribution in [0.3, 0.4) is 0 Å². The SMILES string of the molecule is CNCC(Cc1ccc(Br)s1)c1cccc(C)c1. The van der Waals surface area contributed by atoms with E-state index in [1.165, 1.54) is 19.8 Å². The molecular formula is C15H18BrNS. The highest BCUT2D eigenvalue weighted by Gasteiger charge is 2.13. The summed E-state index contributed by atoms with van der Waals surface area (Å²) in [5.41, 5.74) is 2.76. The van der Waals surface area contributed by atoms with Gasteiger partial charge in [0.2, 0.25) is 0 Å². The smallest absolute Gasteiger partial charge is 0.0701 e. The Hall–Kier alpha value is -0.640. The topological polar surface area (TPSA) is 12.0 Å². The average molecular weight is 324 g/mol. The molecule has 96 valence electrons. The molecule has 2 aromatic rings. The first kappa shape index (κ1) is 13.8. The molecule has 1 heterocycles. The van der Waals surface area contributed by atoms with Crippen LogP contribution in [0.15, 0.2) is 40.2 Å². The Morgan fingerprint density at radius 1 is 1.28 bits per heavy atom. The van der Waals surface area contributed by atoms with Crippen LogP contribution in [0.4, 0.5) is 0 Å². The van der Waals surface area contributed by atoms with Gasteiger partial charge in [-0.05, 0) is 54.0 Å². The molecule has 0 amide bonds. The Balaban J connectivity index is 2.17. The molecule has 0 fully saturated rings. The number of hydrogen-bond donors (Lipinski definition) is 1. The van der Waals surface area contributed by atoms with Crippen molar-refractivity contribution >= 4 is 27.3 Å². The van der Waals surface area contributed by atoms with Gasteiger partial charge >= 0.3 is 0 Å². The quantitative estimate of drug-likeness (QED) is 0.861. The van der Waals surface area contributed by atoms with Crippen molar-refractivity contribution in [2.24, 2.45) is 0 Å². The van der Waals surface area contributed by atoms with Crippen LogP contribution in [0.25, 0.3) is 0 Å². The van der Waals surface area contributed by atoms with Crippen molar-refractivity contribution in [3.63, 3.8) is 0 Å². The maximum Gasteiger partial charge on any atom is 0.0701 e. The average Bonchev–Trinajstić information content (AvgIpc) is 2.74. The number of aryl methyl sites for hydroxylation is 1. The summed E-state index contributed by atoms with van der Waals surface area (Å²) in [5.74, 6) is 0.542. The van der Waals surface area contributed by atoms with Gasteiger partial charge in [0.05, 0.1) is 3.79 Å². The molecule has 1 aromatic heterocycles. The van der Waals surface area contributed by atoms with Crippen LogP contribution in [-0.4, -0.2) is 13.6 Å². The van der Waals surface area contributed by atoms with Crippen LogP contribution in [-0.2, 0) is 6.42 Å². The van der Waals surface area contributed by atoms with Crippen LogP contribution in [0.5, 0.6) is 0 Å². The molecule has 0 saturated carbocycles. The van der Waals surface area contributed by atoms with Crippen LogP contribution in [0.2, 0.25) is 0 Å². The third kappa shape index (κ3) is 3.67. The van der Waals surface area contributed by atoms with Gasteiger partial charge in [-0.3, -0.25) is 0 Å². The van der Waals surface area contributed by atoms with E-state index in [9.17, 15) is 0 Å². The highest BCUT2D eigenvalue weighted by molar-refractivity contribution is 9.11. The summed E-state index contributed by atoms with van der Waals surface area (Å²) in [6.45, 7) is 3.17. The fourth-order valence-corrected chi connectivity index (χ4v) is 3.75. The Morgan fingerprint density at radius 2 is 2.11 bits per heavy atom. The van der Waals surface area contributed by atoms with Crippen molar-refractivity contribution in [3.8, 4) is 0 Å². The molecule has 0 aliphatic rings. The van der Waals surface area contributed by atoms with E-state index in [2.05, 4.69) is 64.6 Å². The fraction of sp³-hybridized carbons (Fsp3) is 0.333. The summed E-state index contributed by atoms with van der Waals surface area (Å²) in [4.78, 5) is 1.43. The Labute approximate surface area is 121 Å². The van der Waals surface area contributed by atoms with E-state index in [1.54, 1.807) is 0 Å². The van der Waals surface area contributed by atoms with Crippen molar-refractivity contribution in [2.75, 3.05) is 13.6 Å². The summed E-state index contributed by atoms with van der Waals surface area (Å²) in [6.07, 6.45) is 1.10. The van der Waals surface area contributed by atoms with Crippen LogP contribution in [0.1, 0.15) is 21.9 Å². The fourth-order valence-electron chi connectivity index (χ4n) is 2.18. The molecule has 1 N–H and O–H groups in total. The van der Waals surface area contributed by atoms with Crippen LogP contribution >= 0.6 is 27.3 Å². The highest BCUT2D eigenvalue weighted by atomic mass is 79.9. The van der Waals surface area contributed by atoms with Crippen LogP contribution < -0.4 is 5.32 Å². The van der Waals surface area contributed by atoms with E-state index in [0.29, 0.717) is 5.92 Å². The van der Waals surface area contributed by atoms with Gasteiger partial charge in [-0.15, -0.1) is 11.3 Å². The molecule has 0 bridgehead atoms. The van der Waals surface area contributed by atoms with Crippen molar-refractivity contribution in [1.82, 2.24) is 5.32 Å². The maximum absolute atomic E-state index is 3.53.